The number of aliphatic carboxylic acids is 1. The number of benzene rings is 1. The Balaban J connectivity index is 2.05. The third-order valence-electron chi connectivity index (χ3n) is 3.92. The molecule has 2 unspecified atom stereocenters. The Hall–Kier alpha value is -1.00. The highest BCUT2D eigenvalue weighted by Gasteiger charge is 2.41. The number of hydrogen-bond donors (Lipinski definition) is 2. The fourth-order valence-corrected chi connectivity index (χ4v) is 3.99. The minimum atomic E-state index is -0.736. The van der Waals surface area contributed by atoms with Gasteiger partial charge < -0.3 is 10.4 Å². The van der Waals surface area contributed by atoms with Crippen LogP contribution in [-0.4, -0.2) is 28.9 Å². The van der Waals surface area contributed by atoms with Crippen LogP contribution in [0.5, 0.6) is 0 Å². The predicted molar refractivity (Wildman–Crippen MR) is 78.7 cm³/mol. The second-order valence-corrected chi connectivity index (χ2v) is 6.66. The van der Waals surface area contributed by atoms with E-state index in [1.807, 2.05) is 0 Å². The van der Waals surface area contributed by atoms with Crippen LogP contribution in [0.1, 0.15) is 31.2 Å². The van der Waals surface area contributed by atoms with Crippen molar-refractivity contribution in [1.29, 1.82) is 0 Å². The minimum Gasteiger partial charge on any atom is -0.480 e. The maximum absolute atomic E-state index is 11.5. The molecular weight excluding hydrogens is 258 g/mol. The first-order chi connectivity index (χ1) is 9.05. The lowest BCUT2D eigenvalue weighted by Crippen LogP contribution is -2.53. The van der Waals surface area contributed by atoms with Gasteiger partial charge in [0.1, 0.15) is 5.54 Å². The van der Waals surface area contributed by atoms with Crippen LogP contribution in [0.15, 0.2) is 29.2 Å². The second-order valence-electron chi connectivity index (χ2n) is 5.29. The quantitative estimate of drug-likeness (QED) is 0.889. The van der Waals surface area contributed by atoms with Crippen LogP contribution in [0.3, 0.4) is 0 Å². The van der Waals surface area contributed by atoms with Crippen molar-refractivity contribution in [3.05, 3.63) is 29.8 Å². The van der Waals surface area contributed by atoms with Crippen LogP contribution >= 0.6 is 11.8 Å². The van der Waals surface area contributed by atoms with Crippen LogP contribution in [0.2, 0.25) is 0 Å². The van der Waals surface area contributed by atoms with Gasteiger partial charge in [-0.1, -0.05) is 17.7 Å². The Bertz CT molecular complexity index is 446. The zero-order valence-corrected chi connectivity index (χ0v) is 12.3. The summed E-state index contributed by atoms with van der Waals surface area (Å²) in [6, 6.07) is 8.45. The van der Waals surface area contributed by atoms with Crippen molar-refractivity contribution in [1.82, 2.24) is 5.32 Å². The molecule has 0 amide bonds. The van der Waals surface area contributed by atoms with Gasteiger partial charge in [0.05, 0.1) is 0 Å². The van der Waals surface area contributed by atoms with Gasteiger partial charge in [0.15, 0.2) is 0 Å². The van der Waals surface area contributed by atoms with Crippen molar-refractivity contribution < 1.29 is 9.90 Å². The molecule has 0 saturated heterocycles. The number of thioether (sulfide) groups is 1. The van der Waals surface area contributed by atoms with E-state index in [0.29, 0.717) is 11.7 Å². The largest absolute Gasteiger partial charge is 0.480 e. The number of rotatable bonds is 4. The third kappa shape index (κ3) is 3.31. The van der Waals surface area contributed by atoms with E-state index in [1.165, 1.54) is 10.5 Å². The van der Waals surface area contributed by atoms with Crippen LogP contribution in [-0.2, 0) is 4.79 Å². The zero-order chi connectivity index (χ0) is 13.9. The van der Waals surface area contributed by atoms with Gasteiger partial charge in [0.25, 0.3) is 0 Å². The summed E-state index contributed by atoms with van der Waals surface area (Å²) in [5, 5.41) is 12.8. The molecule has 0 bridgehead atoms. The van der Waals surface area contributed by atoms with Gasteiger partial charge in [-0.05, 0) is 51.8 Å². The number of carboxylic acids is 1. The lowest BCUT2D eigenvalue weighted by Gasteiger charge is -2.37. The maximum atomic E-state index is 11.5. The third-order valence-corrected chi connectivity index (χ3v) is 5.20. The molecule has 0 spiro atoms. The molecule has 4 heteroatoms. The summed E-state index contributed by atoms with van der Waals surface area (Å²) in [4.78, 5) is 12.7. The molecule has 1 aliphatic carbocycles. The van der Waals surface area contributed by atoms with Crippen molar-refractivity contribution >= 4 is 17.7 Å². The fourth-order valence-electron chi connectivity index (χ4n) is 2.66. The van der Waals surface area contributed by atoms with E-state index in [2.05, 4.69) is 36.5 Å². The fraction of sp³-hybridized carbons (Fsp3) is 0.533. The van der Waals surface area contributed by atoms with E-state index >= 15 is 0 Å². The first kappa shape index (κ1) is 14.4. The molecular formula is C15H21NO2S. The Morgan fingerprint density at radius 1 is 1.42 bits per heavy atom. The first-order valence-corrected chi connectivity index (χ1v) is 7.59. The molecule has 2 rings (SSSR count). The Morgan fingerprint density at radius 2 is 2.11 bits per heavy atom. The Morgan fingerprint density at radius 3 is 2.68 bits per heavy atom. The minimum absolute atomic E-state index is 0.375. The van der Waals surface area contributed by atoms with E-state index in [-0.39, 0.29) is 0 Å². The lowest BCUT2D eigenvalue weighted by atomic mass is 9.81. The molecule has 104 valence electrons. The summed E-state index contributed by atoms with van der Waals surface area (Å²) < 4.78 is 0. The summed E-state index contributed by atoms with van der Waals surface area (Å²) >= 11 is 1.80. The lowest BCUT2D eigenvalue weighted by molar-refractivity contribution is -0.146. The van der Waals surface area contributed by atoms with Gasteiger partial charge in [0.2, 0.25) is 0 Å². The van der Waals surface area contributed by atoms with Gasteiger partial charge in [0, 0.05) is 10.1 Å². The standard InChI is InChI=1S/C15H21NO2S/c1-11-5-7-12(8-6-11)19-13-4-3-9-15(10-13,16-2)14(17)18/h5-8,13,16H,3-4,9-10H2,1-2H3,(H,17,18). The molecule has 1 saturated carbocycles. The van der Waals surface area contributed by atoms with E-state index in [4.69, 9.17) is 0 Å². The number of aryl methyl sites for hydroxylation is 1. The predicted octanol–water partition coefficient (Wildman–Crippen LogP) is 3.07. The Labute approximate surface area is 118 Å². The molecule has 2 N–H and O–H groups in total. The Kier molecular flexibility index (Phi) is 4.53. The van der Waals surface area contributed by atoms with Crippen LogP contribution in [0, 0.1) is 6.92 Å². The summed E-state index contributed by atoms with van der Waals surface area (Å²) in [5.74, 6) is -0.718. The summed E-state index contributed by atoms with van der Waals surface area (Å²) in [5.41, 5.74) is 0.517. The van der Waals surface area contributed by atoms with Gasteiger partial charge in [-0.15, -0.1) is 11.8 Å². The van der Waals surface area contributed by atoms with Crippen molar-refractivity contribution in [2.45, 2.75) is 48.3 Å². The molecule has 3 nitrogen and oxygen atoms in total. The van der Waals surface area contributed by atoms with Crippen LogP contribution in [0.25, 0.3) is 0 Å². The monoisotopic (exact) mass is 279 g/mol. The average Bonchev–Trinajstić information content (AvgIpc) is 2.41. The van der Waals surface area contributed by atoms with Crippen LogP contribution < -0.4 is 5.32 Å². The van der Waals surface area contributed by atoms with Gasteiger partial charge in [-0.3, -0.25) is 4.79 Å². The molecule has 1 aliphatic rings. The smallest absolute Gasteiger partial charge is 0.323 e. The molecule has 1 aromatic carbocycles. The SMILES string of the molecule is CNC1(C(=O)O)CCCC(Sc2ccc(C)cc2)C1. The average molecular weight is 279 g/mol. The summed E-state index contributed by atoms with van der Waals surface area (Å²) in [6.45, 7) is 2.07. The molecule has 19 heavy (non-hydrogen) atoms. The molecule has 0 aromatic heterocycles. The van der Waals surface area contributed by atoms with E-state index in [1.54, 1.807) is 18.8 Å². The highest BCUT2D eigenvalue weighted by molar-refractivity contribution is 8.00. The number of nitrogens with one attached hydrogen (secondary N) is 1. The van der Waals surface area contributed by atoms with Gasteiger partial charge in [-0.25, -0.2) is 0 Å². The maximum Gasteiger partial charge on any atom is 0.323 e. The van der Waals surface area contributed by atoms with Crippen molar-refractivity contribution in [2.24, 2.45) is 0 Å². The first-order valence-electron chi connectivity index (χ1n) is 6.71. The summed E-state index contributed by atoms with van der Waals surface area (Å²) in [7, 11) is 1.76. The van der Waals surface area contributed by atoms with E-state index in [0.717, 1.165) is 19.3 Å². The molecule has 1 aromatic rings. The number of carbonyl (C=O) groups is 1. The highest BCUT2D eigenvalue weighted by atomic mass is 32.2. The van der Waals surface area contributed by atoms with Crippen LogP contribution in [0.4, 0.5) is 0 Å². The molecule has 0 heterocycles. The normalized spacial score (nSPS) is 27.2. The zero-order valence-electron chi connectivity index (χ0n) is 11.5. The van der Waals surface area contributed by atoms with Crippen molar-refractivity contribution in [3.8, 4) is 0 Å². The highest BCUT2D eigenvalue weighted by Crippen LogP contribution is 2.38. The van der Waals surface area contributed by atoms with Gasteiger partial charge >= 0.3 is 5.97 Å². The molecule has 0 radical (unpaired) electrons. The van der Waals surface area contributed by atoms with E-state index in [9.17, 15) is 9.90 Å². The van der Waals surface area contributed by atoms with Crippen molar-refractivity contribution in [2.75, 3.05) is 7.05 Å². The van der Waals surface area contributed by atoms with Crippen molar-refractivity contribution in [3.63, 3.8) is 0 Å². The number of likely N-dealkylation sites (N-methyl/N-ethyl adjacent to an activating group) is 1. The van der Waals surface area contributed by atoms with E-state index < -0.39 is 11.5 Å². The molecule has 1 fully saturated rings. The molecule has 0 aliphatic heterocycles. The number of hydrogen-bond acceptors (Lipinski definition) is 3. The second kappa shape index (κ2) is 5.97. The van der Waals surface area contributed by atoms with Gasteiger partial charge in [-0.2, -0.15) is 0 Å². The summed E-state index contributed by atoms with van der Waals surface area (Å²) in [6.07, 6.45) is 3.48. The topological polar surface area (TPSA) is 49.3 Å². The molecule has 2 atom stereocenters. The number of carboxylic acid groups (broad SMARTS) is 1.